The molecule has 5 N–H and O–H groups in total. The monoisotopic (exact) mass is 317 g/mol. The van der Waals surface area contributed by atoms with Crippen LogP contribution in [0.3, 0.4) is 0 Å². The Bertz CT molecular complexity index is 684. The van der Waals surface area contributed by atoms with Gasteiger partial charge < -0.3 is 16.8 Å². The average Bonchev–Trinajstić information content (AvgIpc) is 2.41. The Morgan fingerprint density at radius 1 is 1.14 bits per heavy atom. The van der Waals surface area contributed by atoms with Crippen LogP contribution in [0.15, 0.2) is 29.4 Å². The van der Waals surface area contributed by atoms with E-state index in [4.69, 9.17) is 11.5 Å². The third kappa shape index (κ3) is 4.11. The van der Waals surface area contributed by atoms with Gasteiger partial charge in [0, 0.05) is 11.8 Å². The summed E-state index contributed by atoms with van der Waals surface area (Å²) in [5.41, 5.74) is 14.3. The van der Waals surface area contributed by atoms with Crippen molar-refractivity contribution in [2.24, 2.45) is 0 Å². The Kier molecular flexibility index (Phi) is 4.87. The maximum Gasteiger partial charge on any atom is 0.237 e. The first-order chi connectivity index (χ1) is 10.3. The molecule has 0 saturated carbocycles. The van der Waals surface area contributed by atoms with Crippen LogP contribution >= 0.6 is 11.8 Å². The van der Waals surface area contributed by atoms with Gasteiger partial charge in [0.15, 0.2) is 5.16 Å². The van der Waals surface area contributed by atoms with E-state index in [1.807, 2.05) is 32.0 Å². The first-order valence-corrected chi connectivity index (χ1v) is 7.68. The van der Waals surface area contributed by atoms with Gasteiger partial charge in [0.2, 0.25) is 5.91 Å². The normalized spacial score (nSPS) is 12.0. The number of nitrogens with one attached hydrogen (secondary N) is 1. The standard InChI is InChI=1S/C15H19N5OS/c1-8-4-5-11(6-9(8)2)18-14(21)10(3)22-15-19-12(16)7-13(17)20-15/h4-7,10H,1-3H3,(H,18,21)(H4,16,17,19,20). The molecule has 0 radical (unpaired) electrons. The Labute approximate surface area is 133 Å². The SMILES string of the molecule is Cc1ccc(NC(=O)C(C)Sc2nc(N)cc(N)n2)cc1C. The first kappa shape index (κ1) is 16.1. The molecule has 1 amide bonds. The van der Waals surface area contributed by atoms with Crippen LogP contribution in [0.5, 0.6) is 0 Å². The summed E-state index contributed by atoms with van der Waals surface area (Å²) in [5.74, 6) is 0.450. The Morgan fingerprint density at radius 2 is 1.77 bits per heavy atom. The number of carbonyl (C=O) groups excluding carboxylic acids is 1. The lowest BCUT2D eigenvalue weighted by Gasteiger charge is -2.12. The van der Waals surface area contributed by atoms with Crippen molar-refractivity contribution in [3.8, 4) is 0 Å². The lowest BCUT2D eigenvalue weighted by molar-refractivity contribution is -0.115. The fourth-order valence-corrected chi connectivity index (χ4v) is 2.59. The molecule has 0 fully saturated rings. The zero-order chi connectivity index (χ0) is 16.3. The molecule has 0 aliphatic heterocycles. The summed E-state index contributed by atoms with van der Waals surface area (Å²) in [6.45, 7) is 5.82. The molecule has 1 unspecified atom stereocenters. The third-order valence-corrected chi connectivity index (χ3v) is 4.13. The van der Waals surface area contributed by atoms with Crippen molar-refractivity contribution < 1.29 is 4.79 Å². The lowest BCUT2D eigenvalue weighted by Crippen LogP contribution is -2.22. The number of hydrogen-bond acceptors (Lipinski definition) is 6. The molecule has 1 atom stereocenters. The first-order valence-electron chi connectivity index (χ1n) is 6.80. The molecular formula is C15H19N5OS. The molecule has 0 bridgehead atoms. The van der Waals surface area contributed by atoms with Crippen LogP contribution in [0.25, 0.3) is 0 Å². The summed E-state index contributed by atoms with van der Waals surface area (Å²) in [6.07, 6.45) is 0. The number of hydrogen-bond donors (Lipinski definition) is 3. The largest absolute Gasteiger partial charge is 0.383 e. The van der Waals surface area contributed by atoms with Crippen molar-refractivity contribution in [1.82, 2.24) is 9.97 Å². The third-order valence-electron chi connectivity index (χ3n) is 3.17. The zero-order valence-corrected chi connectivity index (χ0v) is 13.6. The molecule has 1 aromatic carbocycles. The van der Waals surface area contributed by atoms with Gasteiger partial charge in [-0.05, 0) is 44.0 Å². The van der Waals surface area contributed by atoms with Gasteiger partial charge in [-0.2, -0.15) is 0 Å². The molecule has 0 aliphatic carbocycles. The number of carbonyl (C=O) groups is 1. The number of benzene rings is 1. The highest BCUT2D eigenvalue weighted by Crippen LogP contribution is 2.23. The van der Waals surface area contributed by atoms with E-state index in [1.165, 1.54) is 23.4 Å². The highest BCUT2D eigenvalue weighted by molar-refractivity contribution is 8.00. The summed E-state index contributed by atoms with van der Waals surface area (Å²) in [6, 6.07) is 7.28. The maximum atomic E-state index is 12.2. The van der Waals surface area contributed by atoms with E-state index < -0.39 is 0 Å². The Balaban J connectivity index is 2.04. The van der Waals surface area contributed by atoms with E-state index in [9.17, 15) is 4.79 Å². The molecule has 22 heavy (non-hydrogen) atoms. The number of amides is 1. The molecule has 2 rings (SSSR count). The second-order valence-electron chi connectivity index (χ2n) is 5.05. The minimum atomic E-state index is -0.372. The average molecular weight is 317 g/mol. The topological polar surface area (TPSA) is 107 Å². The van der Waals surface area contributed by atoms with E-state index in [2.05, 4.69) is 15.3 Å². The van der Waals surface area contributed by atoms with Crippen molar-refractivity contribution in [3.63, 3.8) is 0 Å². The molecule has 1 heterocycles. The van der Waals surface area contributed by atoms with Crippen molar-refractivity contribution in [2.75, 3.05) is 16.8 Å². The quantitative estimate of drug-likeness (QED) is 0.590. The molecular weight excluding hydrogens is 298 g/mol. The summed E-state index contributed by atoms with van der Waals surface area (Å²) in [7, 11) is 0. The number of nitrogen functional groups attached to an aromatic ring is 2. The molecule has 6 nitrogen and oxygen atoms in total. The second-order valence-corrected chi connectivity index (χ2v) is 6.36. The summed E-state index contributed by atoms with van der Waals surface area (Å²) < 4.78 is 0. The van der Waals surface area contributed by atoms with Gasteiger partial charge in [-0.3, -0.25) is 4.79 Å². The minimum Gasteiger partial charge on any atom is -0.383 e. The van der Waals surface area contributed by atoms with Crippen LogP contribution in [0, 0.1) is 13.8 Å². The van der Waals surface area contributed by atoms with Crippen molar-refractivity contribution >= 4 is 35.0 Å². The van der Waals surface area contributed by atoms with E-state index >= 15 is 0 Å². The number of anilines is 3. The predicted octanol–water partition coefficient (Wildman–Crippen LogP) is 2.38. The van der Waals surface area contributed by atoms with Crippen LogP contribution in [-0.2, 0) is 4.79 Å². The molecule has 1 aromatic heterocycles. The second kappa shape index (κ2) is 6.65. The van der Waals surface area contributed by atoms with Crippen molar-refractivity contribution in [2.45, 2.75) is 31.2 Å². The smallest absolute Gasteiger partial charge is 0.237 e. The molecule has 0 aliphatic rings. The van der Waals surface area contributed by atoms with Gasteiger partial charge in [0.1, 0.15) is 11.6 Å². The number of aryl methyl sites for hydroxylation is 2. The molecule has 0 saturated heterocycles. The number of aromatic nitrogens is 2. The van der Waals surface area contributed by atoms with Crippen molar-refractivity contribution in [3.05, 3.63) is 35.4 Å². The highest BCUT2D eigenvalue weighted by Gasteiger charge is 2.17. The fourth-order valence-electron chi connectivity index (χ4n) is 1.79. The van der Waals surface area contributed by atoms with Crippen LogP contribution in [-0.4, -0.2) is 21.1 Å². The lowest BCUT2D eigenvalue weighted by atomic mass is 10.1. The summed E-state index contributed by atoms with van der Waals surface area (Å²) in [5, 5.41) is 2.90. The zero-order valence-electron chi connectivity index (χ0n) is 12.8. The van der Waals surface area contributed by atoms with Gasteiger partial charge in [0.05, 0.1) is 5.25 Å². The fraction of sp³-hybridized carbons (Fsp3) is 0.267. The molecule has 116 valence electrons. The molecule has 2 aromatic rings. The molecule has 7 heteroatoms. The number of thioether (sulfide) groups is 1. The van der Waals surface area contributed by atoms with E-state index in [0.29, 0.717) is 5.16 Å². The van der Waals surface area contributed by atoms with Crippen LogP contribution in [0.4, 0.5) is 17.3 Å². The summed E-state index contributed by atoms with van der Waals surface area (Å²) in [4.78, 5) is 20.4. The van der Waals surface area contributed by atoms with Crippen LogP contribution in [0.1, 0.15) is 18.1 Å². The van der Waals surface area contributed by atoms with Gasteiger partial charge in [-0.25, -0.2) is 9.97 Å². The van der Waals surface area contributed by atoms with Gasteiger partial charge in [0.25, 0.3) is 0 Å². The van der Waals surface area contributed by atoms with E-state index in [1.54, 1.807) is 6.92 Å². The van der Waals surface area contributed by atoms with Crippen LogP contribution in [0.2, 0.25) is 0 Å². The number of rotatable bonds is 4. The molecule has 0 spiro atoms. The van der Waals surface area contributed by atoms with Gasteiger partial charge in [-0.15, -0.1) is 0 Å². The number of nitrogens with two attached hydrogens (primary N) is 2. The Hall–Kier alpha value is -2.28. The predicted molar refractivity (Wildman–Crippen MR) is 90.7 cm³/mol. The van der Waals surface area contributed by atoms with E-state index in [-0.39, 0.29) is 22.8 Å². The van der Waals surface area contributed by atoms with Crippen molar-refractivity contribution in [1.29, 1.82) is 0 Å². The Morgan fingerprint density at radius 3 is 2.36 bits per heavy atom. The number of nitrogens with zero attached hydrogens (tertiary/aromatic N) is 2. The van der Waals surface area contributed by atoms with Gasteiger partial charge in [-0.1, -0.05) is 17.8 Å². The minimum absolute atomic E-state index is 0.127. The highest BCUT2D eigenvalue weighted by atomic mass is 32.2. The van der Waals surface area contributed by atoms with E-state index in [0.717, 1.165) is 11.3 Å². The maximum absolute atomic E-state index is 12.2. The van der Waals surface area contributed by atoms with Gasteiger partial charge >= 0.3 is 0 Å². The summed E-state index contributed by atoms with van der Waals surface area (Å²) >= 11 is 1.21. The van der Waals surface area contributed by atoms with Crippen LogP contribution < -0.4 is 16.8 Å².